The van der Waals surface area contributed by atoms with Crippen LogP contribution < -0.4 is 10.9 Å². The van der Waals surface area contributed by atoms with Gasteiger partial charge in [-0.15, -0.1) is 0 Å². The summed E-state index contributed by atoms with van der Waals surface area (Å²) >= 11 is 6.33. The summed E-state index contributed by atoms with van der Waals surface area (Å²) in [6.45, 7) is 2.83. The van der Waals surface area contributed by atoms with Crippen molar-refractivity contribution in [2.75, 3.05) is 0 Å². The van der Waals surface area contributed by atoms with E-state index in [9.17, 15) is 9.59 Å². The normalized spacial score (nSPS) is 10.9. The van der Waals surface area contributed by atoms with Gasteiger partial charge in [-0.1, -0.05) is 71.8 Å². The van der Waals surface area contributed by atoms with E-state index in [1.807, 2.05) is 79.7 Å². The molecule has 1 N–H and O–H groups in total. The molecule has 0 aliphatic rings. The fourth-order valence-electron chi connectivity index (χ4n) is 3.59. The molecule has 0 atom stereocenters. The Labute approximate surface area is 191 Å². The molecule has 0 saturated heterocycles. The number of aryl methyl sites for hydroxylation is 2. The van der Waals surface area contributed by atoms with E-state index >= 15 is 0 Å². The van der Waals surface area contributed by atoms with E-state index in [1.165, 1.54) is 5.56 Å². The second kappa shape index (κ2) is 9.79. The Morgan fingerprint density at radius 1 is 1.00 bits per heavy atom. The molecule has 0 bridgehead atoms. The largest absolute Gasteiger partial charge is 0.352 e. The Kier molecular flexibility index (Phi) is 6.66. The minimum atomic E-state index is -0.199. The Morgan fingerprint density at radius 3 is 2.50 bits per heavy atom. The van der Waals surface area contributed by atoms with Gasteiger partial charge in [0.05, 0.1) is 17.6 Å². The van der Waals surface area contributed by atoms with Gasteiger partial charge in [0.2, 0.25) is 5.91 Å². The number of benzene rings is 3. The smallest absolute Gasteiger partial charge is 0.273 e. The molecule has 0 radical (unpaired) electrons. The van der Waals surface area contributed by atoms with E-state index < -0.39 is 0 Å². The summed E-state index contributed by atoms with van der Waals surface area (Å²) in [5.74, 6) is -0.113. The van der Waals surface area contributed by atoms with Crippen LogP contribution in [0.2, 0.25) is 5.02 Å². The molecule has 5 nitrogen and oxygen atoms in total. The second-order valence-electron chi connectivity index (χ2n) is 7.79. The van der Waals surface area contributed by atoms with E-state index in [2.05, 4.69) is 10.3 Å². The van der Waals surface area contributed by atoms with Crippen LogP contribution in [0.3, 0.4) is 0 Å². The first kappa shape index (κ1) is 21.8. The lowest BCUT2D eigenvalue weighted by Gasteiger charge is -2.13. The average Bonchev–Trinajstić information content (AvgIpc) is 2.80. The third-order valence-electron chi connectivity index (χ3n) is 5.41. The zero-order valence-corrected chi connectivity index (χ0v) is 18.6. The number of nitrogens with zero attached hydrogens (tertiary/aromatic N) is 2. The number of carbonyl (C=O) groups excluding carboxylic acids is 1. The number of halogens is 1. The van der Waals surface area contributed by atoms with Crippen LogP contribution in [0, 0.1) is 6.92 Å². The number of rotatable bonds is 7. The molecule has 1 heterocycles. The van der Waals surface area contributed by atoms with Crippen LogP contribution in [0.5, 0.6) is 0 Å². The van der Waals surface area contributed by atoms with Crippen molar-refractivity contribution >= 4 is 28.5 Å². The van der Waals surface area contributed by atoms with Crippen molar-refractivity contribution in [1.82, 2.24) is 14.9 Å². The number of para-hydroxylation sites is 2. The first-order valence-corrected chi connectivity index (χ1v) is 10.9. The number of amides is 1. The molecular formula is C26H24ClN3O2. The van der Waals surface area contributed by atoms with Crippen molar-refractivity contribution in [3.63, 3.8) is 0 Å². The van der Waals surface area contributed by atoms with Gasteiger partial charge in [-0.05, 0) is 36.2 Å². The average molecular weight is 446 g/mol. The van der Waals surface area contributed by atoms with Gasteiger partial charge in [0.15, 0.2) is 0 Å². The second-order valence-corrected chi connectivity index (χ2v) is 8.20. The standard InChI is InChI=1S/C26H24ClN3O2/c1-18-10-12-19(13-11-18)16-28-25(31)15-14-23-26(32)30(17-20-6-2-3-7-21(20)27)24-9-5-4-8-22(24)29-23/h2-13H,14-17H2,1H3,(H,28,31). The Bertz CT molecular complexity index is 1310. The highest BCUT2D eigenvalue weighted by molar-refractivity contribution is 6.31. The molecular weight excluding hydrogens is 422 g/mol. The Morgan fingerprint density at radius 2 is 1.72 bits per heavy atom. The summed E-state index contributed by atoms with van der Waals surface area (Å²) in [6, 6.07) is 23.0. The summed E-state index contributed by atoms with van der Waals surface area (Å²) in [5.41, 5.74) is 4.70. The zero-order chi connectivity index (χ0) is 22.5. The van der Waals surface area contributed by atoms with Gasteiger partial charge in [0.25, 0.3) is 5.56 Å². The van der Waals surface area contributed by atoms with Gasteiger partial charge in [0, 0.05) is 24.4 Å². The third kappa shape index (κ3) is 5.06. The maximum Gasteiger partial charge on any atom is 0.273 e. The zero-order valence-electron chi connectivity index (χ0n) is 17.8. The number of nitrogens with one attached hydrogen (secondary N) is 1. The number of carbonyl (C=O) groups is 1. The van der Waals surface area contributed by atoms with Crippen LogP contribution in [-0.4, -0.2) is 15.5 Å². The van der Waals surface area contributed by atoms with Gasteiger partial charge >= 0.3 is 0 Å². The summed E-state index contributed by atoms with van der Waals surface area (Å²) in [4.78, 5) is 30.2. The Hall–Kier alpha value is -3.44. The predicted octanol–water partition coefficient (Wildman–Crippen LogP) is 4.66. The van der Waals surface area contributed by atoms with Crippen LogP contribution in [0.15, 0.2) is 77.6 Å². The molecule has 0 unspecified atom stereocenters. The predicted molar refractivity (Wildman–Crippen MR) is 128 cm³/mol. The van der Waals surface area contributed by atoms with Crippen LogP contribution in [0.1, 0.15) is 28.8 Å². The van der Waals surface area contributed by atoms with Gasteiger partial charge in [0.1, 0.15) is 5.69 Å². The maximum atomic E-state index is 13.2. The minimum Gasteiger partial charge on any atom is -0.352 e. The molecule has 0 aliphatic heterocycles. The first-order chi connectivity index (χ1) is 15.5. The summed E-state index contributed by atoms with van der Waals surface area (Å²) < 4.78 is 1.68. The molecule has 0 saturated carbocycles. The van der Waals surface area contributed by atoms with Crippen molar-refractivity contribution < 1.29 is 4.79 Å². The number of hydrogen-bond donors (Lipinski definition) is 1. The fourth-order valence-corrected chi connectivity index (χ4v) is 3.78. The molecule has 0 fully saturated rings. The molecule has 32 heavy (non-hydrogen) atoms. The molecule has 1 amide bonds. The van der Waals surface area contributed by atoms with E-state index in [0.717, 1.165) is 16.6 Å². The SMILES string of the molecule is Cc1ccc(CNC(=O)CCc2nc3ccccc3n(Cc3ccccc3Cl)c2=O)cc1. The van der Waals surface area contributed by atoms with Crippen molar-refractivity contribution in [2.45, 2.75) is 32.9 Å². The van der Waals surface area contributed by atoms with Crippen LogP contribution in [0.4, 0.5) is 0 Å². The van der Waals surface area contributed by atoms with Crippen molar-refractivity contribution in [3.8, 4) is 0 Å². The highest BCUT2D eigenvalue weighted by Gasteiger charge is 2.14. The lowest BCUT2D eigenvalue weighted by molar-refractivity contribution is -0.121. The first-order valence-electron chi connectivity index (χ1n) is 10.6. The minimum absolute atomic E-state index is 0.113. The van der Waals surface area contributed by atoms with Gasteiger partial charge < -0.3 is 9.88 Å². The highest BCUT2D eigenvalue weighted by atomic mass is 35.5. The molecule has 3 aromatic carbocycles. The van der Waals surface area contributed by atoms with Gasteiger partial charge in [-0.25, -0.2) is 4.98 Å². The number of aromatic nitrogens is 2. The van der Waals surface area contributed by atoms with Crippen molar-refractivity contribution in [2.24, 2.45) is 0 Å². The van der Waals surface area contributed by atoms with Gasteiger partial charge in [-0.2, -0.15) is 0 Å². The van der Waals surface area contributed by atoms with Crippen LogP contribution in [-0.2, 0) is 24.3 Å². The Balaban J connectivity index is 1.53. The summed E-state index contributed by atoms with van der Waals surface area (Å²) in [7, 11) is 0. The van der Waals surface area contributed by atoms with Crippen molar-refractivity contribution in [3.05, 3.63) is 111 Å². The summed E-state index contributed by atoms with van der Waals surface area (Å²) in [5, 5.41) is 3.52. The van der Waals surface area contributed by atoms with Crippen molar-refractivity contribution in [1.29, 1.82) is 0 Å². The lowest BCUT2D eigenvalue weighted by Crippen LogP contribution is -2.28. The quantitative estimate of drug-likeness (QED) is 0.450. The highest BCUT2D eigenvalue weighted by Crippen LogP contribution is 2.18. The van der Waals surface area contributed by atoms with Crippen LogP contribution in [0.25, 0.3) is 11.0 Å². The molecule has 4 aromatic rings. The van der Waals surface area contributed by atoms with Gasteiger partial charge in [-0.3, -0.25) is 9.59 Å². The topological polar surface area (TPSA) is 64.0 Å². The van der Waals surface area contributed by atoms with E-state index in [1.54, 1.807) is 4.57 Å². The van der Waals surface area contributed by atoms with E-state index in [-0.39, 0.29) is 24.3 Å². The molecule has 0 aliphatic carbocycles. The molecule has 4 rings (SSSR count). The molecule has 1 aromatic heterocycles. The molecule has 0 spiro atoms. The fraction of sp³-hybridized carbons (Fsp3) is 0.192. The maximum absolute atomic E-state index is 13.2. The van der Waals surface area contributed by atoms with E-state index in [4.69, 9.17) is 11.6 Å². The number of hydrogen-bond acceptors (Lipinski definition) is 3. The van der Waals surface area contributed by atoms with Crippen LogP contribution >= 0.6 is 11.6 Å². The summed E-state index contributed by atoms with van der Waals surface area (Å²) in [6.07, 6.45) is 0.463. The monoisotopic (exact) mass is 445 g/mol. The van der Waals surface area contributed by atoms with E-state index in [0.29, 0.717) is 29.3 Å². The third-order valence-corrected chi connectivity index (χ3v) is 5.77. The lowest BCUT2D eigenvalue weighted by atomic mass is 10.1. The number of fused-ring (bicyclic) bond motifs is 1. The molecule has 162 valence electrons. The molecule has 6 heteroatoms.